The number of fused-ring (bicyclic) bond motifs is 1. The number of anilines is 1. The SMILES string of the molecule is O=C(c1ccc(NS(=O)(=O)c2cccc3cccnc23)cc1)N1CCN(C(=O)c2ccc[nH]2)CC1. The molecule has 1 fully saturated rings. The number of nitrogens with one attached hydrogen (secondary N) is 2. The average Bonchev–Trinajstić information content (AvgIpc) is 3.43. The van der Waals surface area contributed by atoms with Gasteiger partial charge in [0.2, 0.25) is 0 Å². The van der Waals surface area contributed by atoms with Gasteiger partial charge >= 0.3 is 0 Å². The number of piperazine rings is 1. The van der Waals surface area contributed by atoms with E-state index in [1.807, 2.05) is 0 Å². The second kappa shape index (κ2) is 9.22. The lowest BCUT2D eigenvalue weighted by atomic mass is 10.1. The molecule has 1 aliphatic rings. The van der Waals surface area contributed by atoms with Gasteiger partial charge in [-0.2, -0.15) is 0 Å². The number of hydrogen-bond acceptors (Lipinski definition) is 5. The maximum atomic E-state index is 13.0. The van der Waals surface area contributed by atoms with Crippen LogP contribution in [0.4, 0.5) is 5.69 Å². The lowest BCUT2D eigenvalue weighted by Gasteiger charge is -2.34. The number of carbonyl (C=O) groups is 2. The molecule has 2 amide bonds. The van der Waals surface area contributed by atoms with Gasteiger partial charge in [-0.15, -0.1) is 0 Å². The minimum Gasteiger partial charge on any atom is -0.357 e. The molecule has 9 nitrogen and oxygen atoms in total. The molecular formula is C25H23N5O4S. The molecule has 0 unspecified atom stereocenters. The Labute approximate surface area is 202 Å². The molecule has 3 heterocycles. The van der Waals surface area contributed by atoms with Crippen LogP contribution < -0.4 is 4.72 Å². The molecule has 10 heteroatoms. The fraction of sp³-hybridized carbons (Fsp3) is 0.160. The van der Waals surface area contributed by atoms with Crippen LogP contribution in [0, 0.1) is 0 Å². The maximum absolute atomic E-state index is 13.0. The van der Waals surface area contributed by atoms with Crippen molar-refractivity contribution < 1.29 is 18.0 Å². The number of nitrogens with zero attached hydrogens (tertiary/aromatic N) is 3. The Hall–Kier alpha value is -4.18. The van der Waals surface area contributed by atoms with E-state index in [1.54, 1.807) is 82.9 Å². The third-order valence-electron chi connectivity index (χ3n) is 5.95. The predicted octanol–water partition coefficient (Wildman–Crippen LogP) is 2.96. The number of rotatable bonds is 5. The highest BCUT2D eigenvalue weighted by atomic mass is 32.2. The van der Waals surface area contributed by atoms with Gasteiger partial charge in [0.1, 0.15) is 10.6 Å². The number of amides is 2. The summed E-state index contributed by atoms with van der Waals surface area (Å²) in [4.78, 5) is 36.0. The third kappa shape index (κ3) is 4.60. The number of aromatic amines is 1. The van der Waals surface area contributed by atoms with Crippen LogP contribution in [0.2, 0.25) is 0 Å². The van der Waals surface area contributed by atoms with Crippen molar-refractivity contribution in [3.63, 3.8) is 0 Å². The van der Waals surface area contributed by atoms with Gasteiger partial charge in [0.25, 0.3) is 21.8 Å². The fourth-order valence-corrected chi connectivity index (χ4v) is 5.35. The van der Waals surface area contributed by atoms with Crippen LogP contribution in [0.1, 0.15) is 20.8 Å². The standard InChI is InChI=1S/C25H23N5O4S/c31-24(29-14-16-30(17-15-29)25(32)21-6-3-12-26-21)19-8-10-20(11-9-19)28-35(33,34)22-7-1-4-18-5-2-13-27-23(18)22/h1-13,26,28H,14-17H2. The summed E-state index contributed by atoms with van der Waals surface area (Å²) in [7, 11) is -3.87. The van der Waals surface area contributed by atoms with Gasteiger partial charge in [-0.05, 0) is 48.5 Å². The highest BCUT2D eigenvalue weighted by Crippen LogP contribution is 2.23. The third-order valence-corrected chi connectivity index (χ3v) is 7.36. The van der Waals surface area contributed by atoms with Crippen molar-refractivity contribution in [2.75, 3.05) is 30.9 Å². The zero-order valence-electron chi connectivity index (χ0n) is 18.7. The van der Waals surface area contributed by atoms with Crippen molar-refractivity contribution in [3.05, 3.63) is 90.4 Å². The maximum Gasteiger partial charge on any atom is 0.270 e. The second-order valence-corrected chi connectivity index (χ2v) is 9.83. The Bertz CT molecular complexity index is 1470. The summed E-state index contributed by atoms with van der Waals surface area (Å²) in [5.74, 6) is -0.246. The van der Waals surface area contributed by atoms with Crippen LogP contribution in [0.5, 0.6) is 0 Å². The summed E-state index contributed by atoms with van der Waals surface area (Å²) in [6, 6.07) is 18.4. The van der Waals surface area contributed by atoms with Gasteiger partial charge in [0.15, 0.2) is 0 Å². The quantitative estimate of drug-likeness (QED) is 0.447. The molecule has 178 valence electrons. The molecule has 0 spiro atoms. The summed E-state index contributed by atoms with van der Waals surface area (Å²) in [6.07, 6.45) is 3.26. The zero-order chi connectivity index (χ0) is 24.4. The van der Waals surface area contributed by atoms with Gasteiger partial charge in [-0.1, -0.05) is 18.2 Å². The van der Waals surface area contributed by atoms with E-state index in [4.69, 9.17) is 0 Å². The van der Waals surface area contributed by atoms with Crippen molar-refractivity contribution in [3.8, 4) is 0 Å². The molecule has 0 bridgehead atoms. The van der Waals surface area contributed by atoms with Crippen molar-refractivity contribution in [2.45, 2.75) is 4.90 Å². The van der Waals surface area contributed by atoms with Crippen LogP contribution in [0.3, 0.4) is 0 Å². The number of H-pyrrole nitrogens is 1. The Balaban J connectivity index is 1.24. The Morgan fingerprint density at radius 2 is 1.51 bits per heavy atom. The van der Waals surface area contributed by atoms with Gasteiger partial charge in [0.05, 0.1) is 5.52 Å². The first-order chi connectivity index (χ1) is 16.9. The summed E-state index contributed by atoms with van der Waals surface area (Å²) >= 11 is 0. The van der Waals surface area contributed by atoms with E-state index in [1.165, 1.54) is 6.07 Å². The van der Waals surface area contributed by atoms with Crippen molar-refractivity contribution in [2.24, 2.45) is 0 Å². The van der Waals surface area contributed by atoms with E-state index in [0.29, 0.717) is 48.6 Å². The number of pyridine rings is 1. The highest BCUT2D eigenvalue weighted by Gasteiger charge is 2.26. The van der Waals surface area contributed by atoms with Crippen LogP contribution in [-0.4, -0.2) is 66.2 Å². The van der Waals surface area contributed by atoms with Crippen LogP contribution in [0.25, 0.3) is 10.9 Å². The number of carbonyl (C=O) groups excluding carboxylic acids is 2. The van der Waals surface area contributed by atoms with E-state index >= 15 is 0 Å². The normalized spacial score (nSPS) is 14.2. The molecule has 0 radical (unpaired) electrons. The summed E-state index contributed by atoms with van der Waals surface area (Å²) in [5.41, 5.74) is 1.71. The summed E-state index contributed by atoms with van der Waals surface area (Å²) < 4.78 is 28.5. The van der Waals surface area contributed by atoms with E-state index in [9.17, 15) is 18.0 Å². The molecule has 4 aromatic rings. The lowest BCUT2D eigenvalue weighted by molar-refractivity contribution is 0.0532. The van der Waals surface area contributed by atoms with Crippen LogP contribution in [-0.2, 0) is 10.0 Å². The van der Waals surface area contributed by atoms with E-state index in [-0.39, 0.29) is 16.7 Å². The predicted molar refractivity (Wildman–Crippen MR) is 132 cm³/mol. The van der Waals surface area contributed by atoms with Crippen molar-refractivity contribution >= 4 is 38.4 Å². The number of para-hydroxylation sites is 1. The molecule has 1 saturated heterocycles. The Morgan fingerprint density at radius 1 is 0.829 bits per heavy atom. The monoisotopic (exact) mass is 489 g/mol. The summed E-state index contributed by atoms with van der Waals surface area (Å²) in [6.45, 7) is 1.74. The van der Waals surface area contributed by atoms with E-state index in [0.717, 1.165) is 5.39 Å². The van der Waals surface area contributed by atoms with Gasteiger partial charge < -0.3 is 14.8 Å². The fourth-order valence-electron chi connectivity index (χ4n) is 4.11. The highest BCUT2D eigenvalue weighted by molar-refractivity contribution is 7.93. The molecule has 2 aromatic heterocycles. The molecule has 2 aromatic carbocycles. The van der Waals surface area contributed by atoms with Gasteiger partial charge in [-0.25, -0.2) is 8.42 Å². The first-order valence-electron chi connectivity index (χ1n) is 11.1. The van der Waals surface area contributed by atoms with E-state index < -0.39 is 10.0 Å². The minimum absolute atomic E-state index is 0.0832. The van der Waals surface area contributed by atoms with Crippen molar-refractivity contribution in [1.82, 2.24) is 19.8 Å². The largest absolute Gasteiger partial charge is 0.357 e. The smallest absolute Gasteiger partial charge is 0.270 e. The number of aromatic nitrogens is 2. The molecule has 1 aliphatic heterocycles. The topological polar surface area (TPSA) is 115 Å². The first-order valence-corrected chi connectivity index (χ1v) is 12.6. The molecule has 35 heavy (non-hydrogen) atoms. The number of benzene rings is 2. The van der Waals surface area contributed by atoms with Crippen molar-refractivity contribution in [1.29, 1.82) is 0 Å². The van der Waals surface area contributed by atoms with Crippen LogP contribution in [0.15, 0.2) is 84.0 Å². The number of hydrogen-bond donors (Lipinski definition) is 2. The Morgan fingerprint density at radius 3 is 2.20 bits per heavy atom. The first kappa shape index (κ1) is 22.6. The molecule has 0 aliphatic carbocycles. The molecule has 2 N–H and O–H groups in total. The molecular weight excluding hydrogens is 466 g/mol. The second-order valence-electron chi connectivity index (χ2n) is 8.18. The average molecular weight is 490 g/mol. The van der Waals surface area contributed by atoms with E-state index in [2.05, 4.69) is 14.7 Å². The molecule has 0 saturated carbocycles. The van der Waals surface area contributed by atoms with Crippen LogP contribution >= 0.6 is 0 Å². The summed E-state index contributed by atoms with van der Waals surface area (Å²) in [5, 5.41) is 0.728. The number of sulfonamides is 1. The van der Waals surface area contributed by atoms with Gasteiger partial charge in [-0.3, -0.25) is 19.3 Å². The molecule has 0 atom stereocenters. The molecule has 5 rings (SSSR count). The minimum atomic E-state index is -3.87. The zero-order valence-corrected chi connectivity index (χ0v) is 19.5. The lowest BCUT2D eigenvalue weighted by Crippen LogP contribution is -2.50. The van der Waals surface area contributed by atoms with Gasteiger partial charge in [0, 0.05) is 55.2 Å². The Kier molecular flexibility index (Phi) is 5.96.